The molecule has 0 amide bonds. The van der Waals surface area contributed by atoms with Crippen molar-refractivity contribution in [3.05, 3.63) is 53.7 Å². The number of aliphatic imine (C=N–C) groups is 1. The van der Waals surface area contributed by atoms with E-state index in [-0.39, 0.29) is 29.8 Å². The molecule has 1 aliphatic heterocycles. The van der Waals surface area contributed by atoms with Crippen molar-refractivity contribution in [2.24, 2.45) is 18.0 Å². The van der Waals surface area contributed by atoms with Gasteiger partial charge in [0.25, 0.3) is 0 Å². The number of rotatable bonds is 5. The van der Waals surface area contributed by atoms with Gasteiger partial charge in [-0.05, 0) is 54.5 Å². The Balaban J connectivity index is 0.00000240. The Labute approximate surface area is 187 Å². The molecule has 1 unspecified atom stereocenters. The zero-order valence-electron chi connectivity index (χ0n) is 16.9. The fraction of sp³-hybridized carbons (Fsp3) is 0.429. The van der Waals surface area contributed by atoms with Crippen molar-refractivity contribution in [1.29, 1.82) is 0 Å². The van der Waals surface area contributed by atoms with Crippen molar-refractivity contribution >= 4 is 40.8 Å². The van der Waals surface area contributed by atoms with Crippen LogP contribution in [0.25, 0.3) is 10.9 Å². The summed E-state index contributed by atoms with van der Waals surface area (Å²) in [6.07, 6.45) is 9.06. The molecule has 1 aromatic carbocycles. The van der Waals surface area contributed by atoms with E-state index in [1.807, 2.05) is 31.2 Å². The lowest BCUT2D eigenvalue weighted by Crippen LogP contribution is -2.41. The first kappa shape index (κ1) is 21.6. The van der Waals surface area contributed by atoms with Crippen LogP contribution in [0.5, 0.6) is 0 Å². The van der Waals surface area contributed by atoms with E-state index in [0.29, 0.717) is 5.92 Å². The second-order valence-corrected chi connectivity index (χ2v) is 7.55. The van der Waals surface area contributed by atoms with Crippen molar-refractivity contribution < 1.29 is 4.39 Å². The lowest BCUT2D eigenvalue weighted by molar-refractivity contribution is 0.460. The SMILES string of the molecule is CN=C(NCCc1c[nH]c2ccc(F)cc12)N1CCC(Cc2cnn(C)c2)C1.I. The van der Waals surface area contributed by atoms with E-state index in [2.05, 4.69) is 31.5 Å². The molecule has 2 aromatic heterocycles. The van der Waals surface area contributed by atoms with Crippen LogP contribution in [-0.2, 0) is 19.9 Å². The first-order valence-corrected chi connectivity index (χ1v) is 9.81. The normalized spacial score (nSPS) is 17.0. The third-order valence-electron chi connectivity index (χ3n) is 5.49. The molecule has 0 spiro atoms. The van der Waals surface area contributed by atoms with Crippen LogP contribution >= 0.6 is 24.0 Å². The number of hydrogen-bond acceptors (Lipinski definition) is 2. The van der Waals surface area contributed by atoms with Gasteiger partial charge in [-0.1, -0.05) is 0 Å². The number of guanidine groups is 1. The maximum Gasteiger partial charge on any atom is 0.193 e. The highest BCUT2D eigenvalue weighted by molar-refractivity contribution is 14.0. The molecule has 6 nitrogen and oxygen atoms in total. The van der Waals surface area contributed by atoms with Crippen molar-refractivity contribution in [3.63, 3.8) is 0 Å². The van der Waals surface area contributed by atoms with Gasteiger partial charge in [0.05, 0.1) is 6.20 Å². The van der Waals surface area contributed by atoms with Crippen molar-refractivity contribution in [2.45, 2.75) is 19.3 Å². The number of aromatic amines is 1. The lowest BCUT2D eigenvalue weighted by atomic mass is 10.0. The maximum absolute atomic E-state index is 13.5. The summed E-state index contributed by atoms with van der Waals surface area (Å²) in [6.45, 7) is 2.79. The molecule has 29 heavy (non-hydrogen) atoms. The minimum Gasteiger partial charge on any atom is -0.361 e. The Kier molecular flexibility index (Phi) is 7.15. The Morgan fingerprint density at radius 3 is 3.03 bits per heavy atom. The highest BCUT2D eigenvalue weighted by Crippen LogP contribution is 2.21. The van der Waals surface area contributed by atoms with Gasteiger partial charge in [-0.3, -0.25) is 9.67 Å². The summed E-state index contributed by atoms with van der Waals surface area (Å²) in [5, 5.41) is 8.68. The quantitative estimate of drug-likeness (QED) is 0.315. The predicted molar refractivity (Wildman–Crippen MR) is 125 cm³/mol. The van der Waals surface area contributed by atoms with Crippen LogP contribution in [-0.4, -0.2) is 52.3 Å². The van der Waals surface area contributed by atoms with Crippen LogP contribution in [0.15, 0.2) is 41.8 Å². The molecule has 2 N–H and O–H groups in total. The maximum atomic E-state index is 13.5. The predicted octanol–water partition coefficient (Wildman–Crippen LogP) is 3.34. The summed E-state index contributed by atoms with van der Waals surface area (Å²) in [6, 6.07) is 4.87. The average Bonchev–Trinajstić information content (AvgIpc) is 3.40. The molecule has 4 rings (SSSR count). The molecule has 1 atom stereocenters. The molecule has 1 saturated heterocycles. The molecule has 0 saturated carbocycles. The van der Waals surface area contributed by atoms with Gasteiger partial charge in [0, 0.05) is 57.0 Å². The number of hydrogen-bond donors (Lipinski definition) is 2. The first-order valence-electron chi connectivity index (χ1n) is 9.81. The van der Waals surface area contributed by atoms with Gasteiger partial charge in [-0.15, -0.1) is 24.0 Å². The Morgan fingerprint density at radius 1 is 1.41 bits per heavy atom. The third kappa shape index (κ3) is 5.09. The number of benzene rings is 1. The number of likely N-dealkylation sites (tertiary alicyclic amines) is 1. The Bertz CT molecular complexity index is 979. The van der Waals surface area contributed by atoms with Crippen LogP contribution < -0.4 is 5.32 Å². The smallest absolute Gasteiger partial charge is 0.193 e. The monoisotopic (exact) mass is 510 g/mol. The van der Waals surface area contributed by atoms with Crippen LogP contribution in [0.4, 0.5) is 4.39 Å². The fourth-order valence-corrected chi connectivity index (χ4v) is 4.10. The van der Waals surface area contributed by atoms with Crippen LogP contribution in [0.1, 0.15) is 17.5 Å². The Hall–Kier alpha value is -2.10. The molecule has 1 fully saturated rings. The van der Waals surface area contributed by atoms with Gasteiger partial charge in [0.2, 0.25) is 0 Å². The van der Waals surface area contributed by atoms with E-state index >= 15 is 0 Å². The van der Waals surface area contributed by atoms with Crippen molar-refractivity contribution in [1.82, 2.24) is 25.0 Å². The standard InChI is InChI=1S/C21H27FN6.HI/c1-23-21(28-8-6-15(14-28)9-16-11-26-27(2)13-16)24-7-5-17-12-25-20-4-3-18(22)10-19(17)20;/h3-4,10-13,15,25H,5-9,14H2,1-2H3,(H,23,24);1H. The molecule has 3 aromatic rings. The molecular weight excluding hydrogens is 482 g/mol. The fourth-order valence-electron chi connectivity index (χ4n) is 4.10. The first-order chi connectivity index (χ1) is 13.6. The second kappa shape index (κ2) is 9.60. The summed E-state index contributed by atoms with van der Waals surface area (Å²) in [4.78, 5) is 10.00. The van der Waals surface area contributed by atoms with E-state index in [9.17, 15) is 4.39 Å². The number of halogens is 2. The largest absolute Gasteiger partial charge is 0.361 e. The van der Waals surface area contributed by atoms with E-state index < -0.39 is 0 Å². The summed E-state index contributed by atoms with van der Waals surface area (Å²) in [5.74, 6) is 1.37. The average molecular weight is 510 g/mol. The number of aromatic nitrogens is 3. The molecule has 3 heterocycles. The molecular formula is C21H28FIN6. The van der Waals surface area contributed by atoms with Gasteiger partial charge in [-0.2, -0.15) is 5.10 Å². The highest BCUT2D eigenvalue weighted by Gasteiger charge is 2.25. The van der Waals surface area contributed by atoms with Gasteiger partial charge in [-0.25, -0.2) is 4.39 Å². The molecule has 0 radical (unpaired) electrons. The summed E-state index contributed by atoms with van der Waals surface area (Å²) in [5.41, 5.74) is 3.38. The van der Waals surface area contributed by atoms with Gasteiger partial charge >= 0.3 is 0 Å². The van der Waals surface area contributed by atoms with E-state index in [1.165, 1.54) is 11.6 Å². The molecule has 0 bridgehead atoms. The number of H-pyrrole nitrogens is 1. The van der Waals surface area contributed by atoms with Crippen molar-refractivity contribution in [2.75, 3.05) is 26.7 Å². The number of aryl methyl sites for hydroxylation is 1. The molecule has 1 aliphatic rings. The minimum absolute atomic E-state index is 0. The number of fused-ring (bicyclic) bond motifs is 1. The topological polar surface area (TPSA) is 61.2 Å². The molecule has 8 heteroatoms. The number of nitrogens with zero attached hydrogens (tertiary/aromatic N) is 4. The zero-order valence-corrected chi connectivity index (χ0v) is 19.2. The van der Waals surface area contributed by atoms with Crippen LogP contribution in [0.2, 0.25) is 0 Å². The lowest BCUT2D eigenvalue weighted by Gasteiger charge is -2.21. The van der Waals surface area contributed by atoms with Crippen LogP contribution in [0, 0.1) is 11.7 Å². The molecule has 0 aliphatic carbocycles. The minimum atomic E-state index is -0.200. The van der Waals surface area contributed by atoms with Gasteiger partial charge < -0.3 is 15.2 Å². The van der Waals surface area contributed by atoms with Crippen LogP contribution in [0.3, 0.4) is 0 Å². The summed E-state index contributed by atoms with van der Waals surface area (Å²) < 4.78 is 15.4. The summed E-state index contributed by atoms with van der Waals surface area (Å²) >= 11 is 0. The van der Waals surface area contributed by atoms with E-state index in [4.69, 9.17) is 0 Å². The molecule has 156 valence electrons. The van der Waals surface area contributed by atoms with E-state index in [1.54, 1.807) is 12.1 Å². The number of nitrogens with one attached hydrogen (secondary N) is 2. The van der Waals surface area contributed by atoms with Gasteiger partial charge in [0.1, 0.15) is 5.82 Å². The van der Waals surface area contributed by atoms with E-state index in [0.717, 1.165) is 61.3 Å². The zero-order chi connectivity index (χ0) is 19.5. The second-order valence-electron chi connectivity index (χ2n) is 7.55. The third-order valence-corrected chi connectivity index (χ3v) is 5.49. The van der Waals surface area contributed by atoms with Crippen molar-refractivity contribution in [3.8, 4) is 0 Å². The van der Waals surface area contributed by atoms with Gasteiger partial charge in [0.15, 0.2) is 5.96 Å². The summed E-state index contributed by atoms with van der Waals surface area (Å²) in [7, 11) is 3.79. The Morgan fingerprint density at radius 2 is 2.28 bits per heavy atom. The highest BCUT2D eigenvalue weighted by atomic mass is 127.